The lowest BCUT2D eigenvalue weighted by Crippen LogP contribution is -2.26. The summed E-state index contributed by atoms with van der Waals surface area (Å²) >= 11 is 1.45. The highest BCUT2D eigenvalue weighted by molar-refractivity contribution is 8.00. The van der Waals surface area contributed by atoms with Crippen molar-refractivity contribution < 1.29 is 4.79 Å². The first-order valence-electron chi connectivity index (χ1n) is 9.51. The summed E-state index contributed by atoms with van der Waals surface area (Å²) in [4.78, 5) is 24.4. The highest BCUT2D eigenvalue weighted by Gasteiger charge is 2.13. The van der Waals surface area contributed by atoms with Crippen molar-refractivity contribution in [2.45, 2.75) is 44.1 Å². The number of rotatable bonds is 6. The molecule has 1 amide bonds. The molecule has 2 aromatic heterocycles. The number of allylic oxidation sites excluding steroid dienone is 1. The highest BCUT2D eigenvalue weighted by Crippen LogP contribution is 2.30. The van der Waals surface area contributed by atoms with Gasteiger partial charge in [0, 0.05) is 17.4 Å². The Morgan fingerprint density at radius 2 is 2.22 bits per heavy atom. The lowest BCUT2D eigenvalue weighted by Gasteiger charge is -2.12. The van der Waals surface area contributed by atoms with Gasteiger partial charge in [-0.25, -0.2) is 9.97 Å². The molecule has 5 nitrogen and oxygen atoms in total. The Balaban J connectivity index is 1.39. The van der Waals surface area contributed by atoms with E-state index in [1.807, 2.05) is 0 Å². The molecule has 2 N–H and O–H groups in total. The van der Waals surface area contributed by atoms with Crippen LogP contribution < -0.4 is 5.32 Å². The summed E-state index contributed by atoms with van der Waals surface area (Å²) < 4.78 is 0. The van der Waals surface area contributed by atoms with Crippen LogP contribution in [-0.4, -0.2) is 33.2 Å². The van der Waals surface area contributed by atoms with Gasteiger partial charge in [0.1, 0.15) is 16.9 Å². The molecular formula is C21H24N4OS. The van der Waals surface area contributed by atoms with Crippen LogP contribution in [0.15, 0.2) is 41.2 Å². The number of H-pyrrole nitrogens is 1. The van der Waals surface area contributed by atoms with E-state index in [-0.39, 0.29) is 5.91 Å². The number of benzene rings is 1. The van der Waals surface area contributed by atoms with Gasteiger partial charge in [0.15, 0.2) is 0 Å². The minimum Gasteiger partial charge on any atom is -0.355 e. The molecule has 27 heavy (non-hydrogen) atoms. The largest absolute Gasteiger partial charge is 0.355 e. The number of amides is 1. The molecule has 0 unspecified atom stereocenters. The van der Waals surface area contributed by atoms with E-state index < -0.39 is 0 Å². The molecule has 3 aromatic rings. The van der Waals surface area contributed by atoms with Gasteiger partial charge in [0.2, 0.25) is 5.91 Å². The number of nitrogens with zero attached hydrogens (tertiary/aromatic N) is 2. The number of thioether (sulfide) groups is 1. The van der Waals surface area contributed by atoms with Gasteiger partial charge in [-0.05, 0) is 51.2 Å². The third-order valence-corrected chi connectivity index (χ3v) is 5.99. The molecular weight excluding hydrogens is 356 g/mol. The van der Waals surface area contributed by atoms with Crippen molar-refractivity contribution >= 4 is 39.6 Å². The average Bonchev–Trinajstić information content (AvgIpc) is 3.06. The second kappa shape index (κ2) is 8.13. The van der Waals surface area contributed by atoms with E-state index in [4.69, 9.17) is 0 Å². The highest BCUT2D eigenvalue weighted by atomic mass is 32.2. The minimum atomic E-state index is 0.0510. The minimum absolute atomic E-state index is 0.0510. The number of aryl methyl sites for hydroxylation is 1. The molecule has 0 fully saturated rings. The molecule has 140 valence electrons. The zero-order valence-corrected chi connectivity index (χ0v) is 16.4. The quantitative estimate of drug-likeness (QED) is 0.375. The number of carbonyl (C=O) groups is 1. The number of aromatic nitrogens is 3. The Morgan fingerprint density at radius 3 is 3.07 bits per heavy atom. The van der Waals surface area contributed by atoms with Gasteiger partial charge in [-0.1, -0.05) is 35.0 Å². The lowest BCUT2D eigenvalue weighted by atomic mass is 9.97. The lowest BCUT2D eigenvalue weighted by molar-refractivity contribution is -0.118. The van der Waals surface area contributed by atoms with E-state index in [9.17, 15) is 4.79 Å². The second-order valence-corrected chi connectivity index (χ2v) is 8.04. The fourth-order valence-electron chi connectivity index (χ4n) is 3.57. The molecule has 1 aliphatic carbocycles. The van der Waals surface area contributed by atoms with Crippen molar-refractivity contribution in [2.24, 2.45) is 0 Å². The van der Waals surface area contributed by atoms with E-state index >= 15 is 0 Å². The number of hydrogen-bond acceptors (Lipinski definition) is 4. The molecule has 0 aliphatic heterocycles. The molecule has 0 spiro atoms. The maximum absolute atomic E-state index is 12.2. The maximum Gasteiger partial charge on any atom is 0.230 e. The van der Waals surface area contributed by atoms with Crippen LogP contribution in [0.4, 0.5) is 0 Å². The van der Waals surface area contributed by atoms with Crippen molar-refractivity contribution in [1.29, 1.82) is 0 Å². The van der Waals surface area contributed by atoms with Gasteiger partial charge in [0.25, 0.3) is 0 Å². The van der Waals surface area contributed by atoms with Crippen LogP contribution in [-0.2, 0) is 4.79 Å². The molecule has 0 bridgehead atoms. The summed E-state index contributed by atoms with van der Waals surface area (Å²) in [6, 6.07) is 6.27. The molecule has 1 aromatic carbocycles. The van der Waals surface area contributed by atoms with E-state index in [1.165, 1.54) is 48.6 Å². The predicted octanol–water partition coefficient (Wildman–Crippen LogP) is 4.52. The smallest absolute Gasteiger partial charge is 0.230 e. The molecule has 0 saturated carbocycles. The van der Waals surface area contributed by atoms with Crippen LogP contribution in [0.2, 0.25) is 0 Å². The summed E-state index contributed by atoms with van der Waals surface area (Å²) in [5, 5.41) is 4.94. The van der Waals surface area contributed by atoms with Gasteiger partial charge < -0.3 is 10.3 Å². The number of carbonyl (C=O) groups excluding carboxylic acids is 1. The van der Waals surface area contributed by atoms with E-state index in [1.54, 1.807) is 6.33 Å². The van der Waals surface area contributed by atoms with Crippen molar-refractivity contribution in [3.05, 3.63) is 41.7 Å². The zero-order valence-electron chi connectivity index (χ0n) is 15.5. The zero-order chi connectivity index (χ0) is 18.6. The Bertz CT molecular complexity index is 1010. The van der Waals surface area contributed by atoms with Gasteiger partial charge in [-0.3, -0.25) is 4.79 Å². The molecule has 0 radical (unpaired) electrons. The third-order valence-electron chi connectivity index (χ3n) is 5.00. The van der Waals surface area contributed by atoms with Crippen molar-refractivity contribution in [2.75, 3.05) is 12.3 Å². The Labute approximate surface area is 163 Å². The number of fused-ring (bicyclic) bond motifs is 3. The summed E-state index contributed by atoms with van der Waals surface area (Å²) in [6.07, 6.45) is 9.83. The van der Waals surface area contributed by atoms with E-state index in [2.05, 4.69) is 51.5 Å². The SMILES string of the molecule is Cc1ccc2[nH]c3c(SCC(=O)NCCC4=CCCCC4)ncnc3c2c1. The topological polar surface area (TPSA) is 70.7 Å². The molecule has 0 atom stereocenters. The molecule has 0 saturated heterocycles. The second-order valence-electron chi connectivity index (χ2n) is 7.07. The summed E-state index contributed by atoms with van der Waals surface area (Å²) in [5.74, 6) is 0.412. The fraction of sp³-hybridized carbons (Fsp3) is 0.381. The van der Waals surface area contributed by atoms with Crippen LogP contribution >= 0.6 is 11.8 Å². The normalized spacial score (nSPS) is 14.5. The molecule has 1 aliphatic rings. The van der Waals surface area contributed by atoms with Crippen LogP contribution in [0.25, 0.3) is 21.9 Å². The monoisotopic (exact) mass is 380 g/mol. The van der Waals surface area contributed by atoms with E-state index in [0.29, 0.717) is 5.75 Å². The summed E-state index contributed by atoms with van der Waals surface area (Å²) in [7, 11) is 0. The number of hydrogen-bond donors (Lipinski definition) is 2. The maximum atomic E-state index is 12.2. The van der Waals surface area contributed by atoms with Gasteiger partial charge in [-0.15, -0.1) is 0 Å². The van der Waals surface area contributed by atoms with Crippen molar-refractivity contribution in [1.82, 2.24) is 20.3 Å². The number of nitrogens with one attached hydrogen (secondary N) is 2. The third kappa shape index (κ3) is 4.16. The Morgan fingerprint density at radius 1 is 1.30 bits per heavy atom. The van der Waals surface area contributed by atoms with Gasteiger partial charge >= 0.3 is 0 Å². The average molecular weight is 381 g/mol. The van der Waals surface area contributed by atoms with Crippen molar-refractivity contribution in [3.8, 4) is 0 Å². The van der Waals surface area contributed by atoms with Crippen LogP contribution in [0.1, 0.15) is 37.7 Å². The summed E-state index contributed by atoms with van der Waals surface area (Å²) in [5.41, 5.74) is 5.55. The van der Waals surface area contributed by atoms with Crippen LogP contribution in [0.5, 0.6) is 0 Å². The van der Waals surface area contributed by atoms with Gasteiger partial charge in [0.05, 0.1) is 11.3 Å². The summed E-state index contributed by atoms with van der Waals surface area (Å²) in [6.45, 7) is 2.79. The molecule has 4 rings (SSSR count). The standard InChI is InChI=1S/C21H24N4OS/c1-14-7-8-17-16(11-14)19-20(25-17)21(24-13-23-19)27-12-18(26)22-10-9-15-5-3-2-4-6-15/h5,7-8,11,13,25H,2-4,6,9-10,12H2,1H3,(H,22,26). The Kier molecular flexibility index (Phi) is 5.43. The first-order valence-corrected chi connectivity index (χ1v) is 10.5. The van der Waals surface area contributed by atoms with E-state index in [0.717, 1.165) is 39.9 Å². The van der Waals surface area contributed by atoms with Gasteiger partial charge in [-0.2, -0.15) is 0 Å². The number of aromatic amines is 1. The fourth-order valence-corrected chi connectivity index (χ4v) is 4.36. The predicted molar refractivity (Wildman–Crippen MR) is 111 cm³/mol. The van der Waals surface area contributed by atoms with Crippen LogP contribution in [0.3, 0.4) is 0 Å². The molecule has 6 heteroatoms. The first-order chi connectivity index (χ1) is 13.2. The molecule has 2 heterocycles. The van der Waals surface area contributed by atoms with Crippen molar-refractivity contribution in [3.63, 3.8) is 0 Å². The van der Waals surface area contributed by atoms with Crippen LogP contribution in [0, 0.1) is 6.92 Å². The first kappa shape index (κ1) is 18.0. The Hall–Kier alpha value is -2.34.